The highest BCUT2D eigenvalue weighted by Gasteiger charge is 2.49. The molecule has 0 aromatic heterocycles. The number of hydrogen-bond donors (Lipinski definition) is 3. The number of quaternary nitrogens is 1. The SMILES string of the molecule is O=C(O)CCC(=O)Nc1ccc(C(=O)C[N+]23CCC(CC2)[C@@H](OC(=O)C(Nc2ccccc2)c2ccccc2)C3)cc1. The van der Waals surface area contributed by atoms with E-state index >= 15 is 0 Å². The Balaban J connectivity index is 1.22. The lowest BCUT2D eigenvalue weighted by Crippen LogP contribution is -2.65. The Morgan fingerprint density at radius 3 is 2.12 bits per heavy atom. The van der Waals surface area contributed by atoms with Crippen molar-refractivity contribution in [3.05, 3.63) is 96.1 Å². The third-order valence-electron chi connectivity index (χ3n) is 8.30. The number of ketones is 1. The molecule has 1 unspecified atom stereocenters. The highest BCUT2D eigenvalue weighted by molar-refractivity contribution is 5.98. The maximum Gasteiger partial charge on any atom is 0.333 e. The van der Waals surface area contributed by atoms with Crippen LogP contribution in [0.15, 0.2) is 84.9 Å². The quantitative estimate of drug-likeness (QED) is 0.164. The molecule has 9 nitrogen and oxygen atoms in total. The molecule has 3 saturated heterocycles. The van der Waals surface area contributed by atoms with Crippen LogP contribution < -0.4 is 10.6 Å². The van der Waals surface area contributed by atoms with E-state index in [1.165, 1.54) is 0 Å². The molecule has 42 heavy (non-hydrogen) atoms. The topological polar surface area (TPSA) is 122 Å². The van der Waals surface area contributed by atoms with Crippen LogP contribution in [0.5, 0.6) is 0 Å². The molecule has 2 atom stereocenters. The van der Waals surface area contributed by atoms with E-state index in [9.17, 15) is 19.2 Å². The molecule has 3 heterocycles. The van der Waals surface area contributed by atoms with Crippen LogP contribution in [-0.2, 0) is 19.1 Å². The van der Waals surface area contributed by atoms with Gasteiger partial charge in [-0.25, -0.2) is 4.79 Å². The molecule has 0 radical (unpaired) electrons. The lowest BCUT2D eigenvalue weighted by Gasteiger charge is -2.51. The molecule has 1 amide bonds. The fourth-order valence-corrected chi connectivity index (χ4v) is 6.00. The molecule has 3 aliphatic heterocycles. The summed E-state index contributed by atoms with van der Waals surface area (Å²) < 4.78 is 6.79. The smallest absolute Gasteiger partial charge is 0.333 e. The number of ether oxygens (including phenoxy) is 1. The van der Waals surface area contributed by atoms with Gasteiger partial charge >= 0.3 is 11.9 Å². The van der Waals surface area contributed by atoms with Gasteiger partial charge in [-0.15, -0.1) is 0 Å². The molecule has 3 aromatic carbocycles. The van der Waals surface area contributed by atoms with Gasteiger partial charge in [0.1, 0.15) is 13.1 Å². The summed E-state index contributed by atoms with van der Waals surface area (Å²) in [6, 6.07) is 25.2. The van der Waals surface area contributed by atoms with Gasteiger partial charge in [0.05, 0.1) is 19.5 Å². The molecular formula is C33H36N3O6+. The van der Waals surface area contributed by atoms with E-state index in [2.05, 4.69) is 10.6 Å². The van der Waals surface area contributed by atoms with Crippen molar-refractivity contribution in [2.75, 3.05) is 36.8 Å². The summed E-state index contributed by atoms with van der Waals surface area (Å²) in [6.07, 6.45) is 1.18. The highest BCUT2D eigenvalue weighted by Crippen LogP contribution is 2.37. The Bertz CT molecular complexity index is 1400. The van der Waals surface area contributed by atoms with E-state index in [-0.39, 0.29) is 42.5 Å². The van der Waals surface area contributed by atoms with Crippen molar-refractivity contribution in [3.8, 4) is 0 Å². The maximum absolute atomic E-state index is 13.6. The van der Waals surface area contributed by atoms with Crippen molar-refractivity contribution < 1.29 is 33.5 Å². The van der Waals surface area contributed by atoms with E-state index in [1.807, 2.05) is 60.7 Å². The average molecular weight is 571 g/mol. The predicted molar refractivity (Wildman–Crippen MR) is 158 cm³/mol. The fourth-order valence-electron chi connectivity index (χ4n) is 6.00. The van der Waals surface area contributed by atoms with Gasteiger partial charge in [-0.05, 0) is 42.0 Å². The molecule has 3 aliphatic rings. The van der Waals surface area contributed by atoms with Gasteiger partial charge in [0.25, 0.3) is 0 Å². The molecular weight excluding hydrogens is 534 g/mol. The van der Waals surface area contributed by atoms with E-state index in [0.29, 0.717) is 28.8 Å². The second-order valence-corrected chi connectivity index (χ2v) is 11.2. The first-order valence-corrected chi connectivity index (χ1v) is 14.4. The lowest BCUT2D eigenvalue weighted by atomic mass is 9.82. The lowest BCUT2D eigenvalue weighted by molar-refractivity contribution is -0.938. The van der Waals surface area contributed by atoms with Crippen molar-refractivity contribution in [3.63, 3.8) is 0 Å². The van der Waals surface area contributed by atoms with Crippen molar-refractivity contribution in [1.29, 1.82) is 0 Å². The van der Waals surface area contributed by atoms with Crippen LogP contribution in [0.2, 0.25) is 0 Å². The molecule has 0 aliphatic carbocycles. The van der Waals surface area contributed by atoms with Crippen LogP contribution in [0.1, 0.15) is 47.6 Å². The number of piperidine rings is 3. The molecule has 0 spiro atoms. The minimum Gasteiger partial charge on any atom is -0.481 e. The number of carbonyl (C=O) groups excluding carboxylic acids is 3. The number of nitrogens with zero attached hydrogens (tertiary/aromatic N) is 1. The molecule has 0 saturated carbocycles. The molecule has 9 heteroatoms. The minimum absolute atomic E-state index is 0.00270. The van der Waals surface area contributed by atoms with Crippen molar-refractivity contribution in [1.82, 2.24) is 0 Å². The number of rotatable bonds is 12. The first-order chi connectivity index (χ1) is 20.3. The Morgan fingerprint density at radius 1 is 0.833 bits per heavy atom. The molecule has 3 fully saturated rings. The molecule has 6 rings (SSSR count). The number of carboxylic acid groups (broad SMARTS) is 1. The van der Waals surface area contributed by atoms with E-state index in [1.54, 1.807) is 24.3 Å². The van der Waals surface area contributed by atoms with Crippen molar-refractivity contribution in [2.24, 2.45) is 5.92 Å². The van der Waals surface area contributed by atoms with Gasteiger partial charge in [-0.1, -0.05) is 48.5 Å². The summed E-state index contributed by atoms with van der Waals surface area (Å²) in [6.45, 7) is 2.65. The zero-order valence-corrected chi connectivity index (χ0v) is 23.4. The molecule has 3 N–H and O–H groups in total. The van der Waals surface area contributed by atoms with Gasteiger partial charge in [0.15, 0.2) is 12.1 Å². The van der Waals surface area contributed by atoms with E-state index < -0.39 is 12.0 Å². The zero-order chi connectivity index (χ0) is 29.5. The summed E-state index contributed by atoms with van der Waals surface area (Å²) in [5.41, 5.74) is 2.71. The minimum atomic E-state index is -1.03. The summed E-state index contributed by atoms with van der Waals surface area (Å²) in [7, 11) is 0. The number of benzene rings is 3. The Labute approximate surface area is 245 Å². The number of amides is 1. The number of Topliss-reactive ketones (excluding diaryl/α,β-unsaturated/α-hetero) is 1. The standard InChI is InChI=1S/C33H35N3O6/c37-28(23-11-13-27(14-12-23)34-30(38)15-16-31(39)40)21-36-19-17-24(18-20-36)29(22-36)42-33(41)32(25-7-3-1-4-8-25)35-26-9-5-2-6-10-26/h1-14,24,29,32,35H,15-22H2,(H-,34,37,38,39,40)/p+1/t24?,29-,32?,36?/m0/s1. The first kappa shape index (κ1) is 29.0. The first-order valence-electron chi connectivity index (χ1n) is 14.4. The van der Waals surface area contributed by atoms with Gasteiger partial charge in [0.2, 0.25) is 11.7 Å². The van der Waals surface area contributed by atoms with Crippen molar-refractivity contribution in [2.45, 2.75) is 37.8 Å². The zero-order valence-electron chi connectivity index (χ0n) is 23.4. The Kier molecular flexibility index (Phi) is 8.97. The second kappa shape index (κ2) is 13.0. The van der Waals surface area contributed by atoms with Crippen LogP contribution >= 0.6 is 0 Å². The van der Waals surface area contributed by atoms with Crippen LogP contribution in [0.3, 0.4) is 0 Å². The largest absolute Gasteiger partial charge is 0.481 e. The average Bonchev–Trinajstić information content (AvgIpc) is 3.00. The number of esters is 1. The predicted octanol–water partition coefficient (Wildman–Crippen LogP) is 4.68. The van der Waals surface area contributed by atoms with Crippen molar-refractivity contribution >= 4 is 35.0 Å². The van der Waals surface area contributed by atoms with Gasteiger partial charge < -0.3 is 25.0 Å². The number of aliphatic carboxylic acids is 1. The summed E-state index contributed by atoms with van der Waals surface area (Å²) >= 11 is 0. The van der Waals surface area contributed by atoms with Crippen LogP contribution in [0, 0.1) is 5.92 Å². The number of fused-ring (bicyclic) bond motifs is 3. The number of anilines is 2. The number of nitrogens with one attached hydrogen (secondary N) is 2. The molecule has 218 valence electrons. The molecule has 2 bridgehead atoms. The normalized spacial score (nSPS) is 21.6. The number of para-hydroxylation sites is 1. The number of hydrogen-bond acceptors (Lipinski definition) is 6. The van der Waals surface area contributed by atoms with E-state index in [4.69, 9.17) is 9.84 Å². The Morgan fingerprint density at radius 2 is 1.48 bits per heavy atom. The fraction of sp³-hybridized carbons (Fsp3) is 0.333. The molecule has 3 aromatic rings. The number of carbonyl (C=O) groups is 4. The van der Waals surface area contributed by atoms with Gasteiger partial charge in [-0.2, -0.15) is 0 Å². The second-order valence-electron chi connectivity index (χ2n) is 11.2. The van der Waals surface area contributed by atoms with Gasteiger partial charge in [-0.3, -0.25) is 14.4 Å². The van der Waals surface area contributed by atoms with Crippen LogP contribution in [0.25, 0.3) is 0 Å². The monoisotopic (exact) mass is 570 g/mol. The Hall–Kier alpha value is -4.50. The maximum atomic E-state index is 13.6. The summed E-state index contributed by atoms with van der Waals surface area (Å²) in [5.74, 6) is -1.47. The van der Waals surface area contributed by atoms with E-state index in [0.717, 1.165) is 37.2 Å². The third kappa shape index (κ3) is 7.22. The highest BCUT2D eigenvalue weighted by atomic mass is 16.5. The van der Waals surface area contributed by atoms with Crippen LogP contribution in [-0.4, -0.2) is 65.5 Å². The number of carboxylic acids is 1. The summed E-state index contributed by atoms with van der Waals surface area (Å²) in [4.78, 5) is 49.5. The van der Waals surface area contributed by atoms with Gasteiger partial charge in [0, 0.05) is 42.1 Å². The summed E-state index contributed by atoms with van der Waals surface area (Å²) in [5, 5.41) is 14.7. The third-order valence-corrected chi connectivity index (χ3v) is 8.30. The van der Waals surface area contributed by atoms with Crippen LogP contribution in [0.4, 0.5) is 11.4 Å².